The molecule has 0 aromatic heterocycles. The molecule has 0 saturated heterocycles. The minimum atomic E-state index is -0.722. The van der Waals surface area contributed by atoms with Crippen molar-refractivity contribution in [2.75, 3.05) is 0 Å². The van der Waals surface area contributed by atoms with Crippen LogP contribution in [0.3, 0.4) is 0 Å². The predicted octanol–water partition coefficient (Wildman–Crippen LogP) is 3.50. The molecule has 0 bridgehead atoms. The van der Waals surface area contributed by atoms with Crippen molar-refractivity contribution in [1.29, 1.82) is 0 Å². The number of halogens is 4. The lowest BCUT2D eigenvalue weighted by Gasteiger charge is -2.18. The van der Waals surface area contributed by atoms with E-state index in [1.54, 1.807) is 6.07 Å². The fourth-order valence-electron chi connectivity index (χ4n) is 1.98. The molecular weight excluding hydrogens is 289 g/mol. The van der Waals surface area contributed by atoms with E-state index in [2.05, 4.69) is 5.43 Å². The average Bonchev–Trinajstić information content (AvgIpc) is 2.37. The Bertz CT molecular complexity index is 579. The van der Waals surface area contributed by atoms with E-state index in [0.29, 0.717) is 0 Å². The van der Waals surface area contributed by atoms with Gasteiger partial charge in [0.05, 0.1) is 6.04 Å². The van der Waals surface area contributed by atoms with Gasteiger partial charge in [0.15, 0.2) is 0 Å². The van der Waals surface area contributed by atoms with Crippen LogP contribution in [0.1, 0.15) is 17.2 Å². The number of nitrogens with one attached hydrogen (secondary N) is 1. The molecule has 1 atom stereocenters. The first kappa shape index (κ1) is 14.8. The summed E-state index contributed by atoms with van der Waals surface area (Å²) in [5, 5.41) is 0.238. The molecule has 0 radical (unpaired) electrons. The van der Waals surface area contributed by atoms with Gasteiger partial charge in [0.25, 0.3) is 0 Å². The minimum Gasteiger partial charge on any atom is -0.271 e. The van der Waals surface area contributed by atoms with Crippen molar-refractivity contribution in [3.05, 3.63) is 70.0 Å². The molecule has 2 aromatic rings. The van der Waals surface area contributed by atoms with Gasteiger partial charge in [0.1, 0.15) is 17.5 Å². The number of nitrogens with two attached hydrogens (primary N) is 1. The fraction of sp³-hybridized carbons (Fsp3) is 0.143. The Morgan fingerprint density at radius 3 is 2.30 bits per heavy atom. The van der Waals surface area contributed by atoms with Crippen molar-refractivity contribution in [2.24, 2.45) is 5.84 Å². The summed E-state index contributed by atoms with van der Waals surface area (Å²) in [5.41, 5.74) is 2.94. The molecule has 6 heteroatoms. The van der Waals surface area contributed by atoms with Crippen LogP contribution in [0.5, 0.6) is 0 Å². The van der Waals surface area contributed by atoms with E-state index in [-0.39, 0.29) is 22.6 Å². The highest BCUT2D eigenvalue weighted by atomic mass is 35.5. The van der Waals surface area contributed by atoms with Crippen LogP contribution in [0.2, 0.25) is 5.02 Å². The Hall–Kier alpha value is -1.56. The average molecular weight is 301 g/mol. The molecule has 0 heterocycles. The molecule has 2 nitrogen and oxygen atoms in total. The van der Waals surface area contributed by atoms with Crippen molar-refractivity contribution >= 4 is 11.6 Å². The lowest BCUT2D eigenvalue weighted by Crippen LogP contribution is -2.30. The molecule has 106 valence electrons. The first-order valence-corrected chi connectivity index (χ1v) is 6.24. The van der Waals surface area contributed by atoms with E-state index in [9.17, 15) is 13.2 Å². The van der Waals surface area contributed by atoms with Crippen molar-refractivity contribution in [2.45, 2.75) is 12.5 Å². The van der Waals surface area contributed by atoms with E-state index >= 15 is 0 Å². The molecule has 0 spiro atoms. The van der Waals surface area contributed by atoms with Crippen molar-refractivity contribution in [1.82, 2.24) is 5.43 Å². The van der Waals surface area contributed by atoms with Crippen LogP contribution < -0.4 is 11.3 Å². The summed E-state index contributed by atoms with van der Waals surface area (Å²) in [4.78, 5) is 0. The standard InChI is InChI=1S/C14H12ClF3N2/c15-12-2-1-3-13(18)11(12)7-14(20-19)8-4-9(16)6-10(17)5-8/h1-6,14,20H,7,19H2. The zero-order valence-corrected chi connectivity index (χ0v) is 11.1. The maximum Gasteiger partial charge on any atom is 0.127 e. The number of rotatable bonds is 4. The van der Waals surface area contributed by atoms with Crippen LogP contribution in [-0.2, 0) is 6.42 Å². The van der Waals surface area contributed by atoms with E-state index in [1.807, 2.05) is 0 Å². The minimum absolute atomic E-state index is 0.0743. The third-order valence-corrected chi connectivity index (χ3v) is 3.31. The van der Waals surface area contributed by atoms with Gasteiger partial charge in [-0.3, -0.25) is 11.3 Å². The maximum absolute atomic E-state index is 13.7. The van der Waals surface area contributed by atoms with Crippen molar-refractivity contribution in [3.8, 4) is 0 Å². The first-order valence-electron chi connectivity index (χ1n) is 5.86. The first-order chi connectivity index (χ1) is 9.51. The number of hydrogen-bond donors (Lipinski definition) is 2. The molecule has 3 N–H and O–H groups in total. The van der Waals surface area contributed by atoms with Gasteiger partial charge in [-0.15, -0.1) is 0 Å². The van der Waals surface area contributed by atoms with Crippen molar-refractivity contribution in [3.63, 3.8) is 0 Å². The summed E-state index contributed by atoms with van der Waals surface area (Å²) in [7, 11) is 0. The molecule has 0 aliphatic rings. The molecule has 0 amide bonds. The molecule has 2 rings (SSSR count). The van der Waals surface area contributed by atoms with Gasteiger partial charge in [-0.25, -0.2) is 13.2 Å². The largest absolute Gasteiger partial charge is 0.271 e. The summed E-state index contributed by atoms with van der Waals surface area (Å²) in [6.07, 6.45) is 0.0743. The third-order valence-electron chi connectivity index (χ3n) is 2.96. The second-order valence-corrected chi connectivity index (χ2v) is 4.73. The van der Waals surface area contributed by atoms with Gasteiger partial charge >= 0.3 is 0 Å². The van der Waals surface area contributed by atoms with Gasteiger partial charge in [-0.1, -0.05) is 17.7 Å². The lowest BCUT2D eigenvalue weighted by atomic mass is 9.98. The Labute approximate surface area is 119 Å². The van der Waals surface area contributed by atoms with Crippen LogP contribution in [0.15, 0.2) is 36.4 Å². The Morgan fingerprint density at radius 2 is 1.75 bits per heavy atom. The second kappa shape index (κ2) is 6.26. The van der Waals surface area contributed by atoms with Crippen LogP contribution in [0.25, 0.3) is 0 Å². The highest BCUT2D eigenvalue weighted by molar-refractivity contribution is 6.31. The summed E-state index contributed by atoms with van der Waals surface area (Å²) in [6.45, 7) is 0. The highest BCUT2D eigenvalue weighted by Crippen LogP contribution is 2.26. The molecule has 0 fully saturated rings. The van der Waals surface area contributed by atoms with E-state index < -0.39 is 23.5 Å². The normalized spacial score (nSPS) is 12.4. The fourth-order valence-corrected chi connectivity index (χ4v) is 2.22. The summed E-state index contributed by atoms with van der Waals surface area (Å²) in [5.74, 6) is 3.46. The monoisotopic (exact) mass is 300 g/mol. The summed E-state index contributed by atoms with van der Waals surface area (Å²) < 4.78 is 40.1. The van der Waals surface area contributed by atoms with E-state index in [1.165, 1.54) is 12.1 Å². The smallest absolute Gasteiger partial charge is 0.127 e. The Balaban J connectivity index is 2.33. The predicted molar refractivity (Wildman–Crippen MR) is 71.5 cm³/mol. The summed E-state index contributed by atoms with van der Waals surface area (Å²) >= 11 is 5.92. The number of benzene rings is 2. The molecule has 20 heavy (non-hydrogen) atoms. The van der Waals surface area contributed by atoms with Crippen LogP contribution in [0, 0.1) is 17.5 Å². The van der Waals surface area contributed by atoms with Crippen LogP contribution in [-0.4, -0.2) is 0 Å². The van der Waals surface area contributed by atoms with Gasteiger partial charge < -0.3 is 0 Å². The zero-order valence-electron chi connectivity index (χ0n) is 10.3. The van der Waals surface area contributed by atoms with Gasteiger partial charge in [0.2, 0.25) is 0 Å². The van der Waals surface area contributed by atoms with Crippen molar-refractivity contribution < 1.29 is 13.2 Å². The molecule has 0 aliphatic heterocycles. The molecule has 2 aromatic carbocycles. The summed E-state index contributed by atoms with van der Waals surface area (Å²) in [6, 6.07) is 6.67. The topological polar surface area (TPSA) is 38.0 Å². The van der Waals surface area contributed by atoms with Crippen LogP contribution in [0.4, 0.5) is 13.2 Å². The third kappa shape index (κ3) is 3.30. The van der Waals surface area contributed by atoms with Gasteiger partial charge in [-0.2, -0.15) is 0 Å². The maximum atomic E-state index is 13.7. The Morgan fingerprint density at radius 1 is 1.10 bits per heavy atom. The number of hydrogen-bond acceptors (Lipinski definition) is 2. The zero-order chi connectivity index (χ0) is 14.7. The lowest BCUT2D eigenvalue weighted by molar-refractivity contribution is 0.516. The molecule has 0 aliphatic carbocycles. The highest BCUT2D eigenvalue weighted by Gasteiger charge is 2.17. The van der Waals surface area contributed by atoms with E-state index in [4.69, 9.17) is 17.4 Å². The SMILES string of the molecule is NNC(Cc1c(F)cccc1Cl)c1cc(F)cc(F)c1. The molecular formula is C14H12ClF3N2. The number of hydrazine groups is 1. The second-order valence-electron chi connectivity index (χ2n) is 4.33. The Kier molecular flexibility index (Phi) is 4.65. The van der Waals surface area contributed by atoms with E-state index in [0.717, 1.165) is 18.2 Å². The van der Waals surface area contributed by atoms with Gasteiger partial charge in [0, 0.05) is 16.7 Å². The molecule has 0 saturated carbocycles. The van der Waals surface area contributed by atoms with Gasteiger partial charge in [-0.05, 0) is 36.2 Å². The molecule has 1 unspecified atom stereocenters. The quantitative estimate of drug-likeness (QED) is 0.670. The van der Waals surface area contributed by atoms with Crippen LogP contribution >= 0.6 is 11.6 Å².